The molecule has 176 valence electrons. The summed E-state index contributed by atoms with van der Waals surface area (Å²) in [5.74, 6) is 0.908. The van der Waals surface area contributed by atoms with Crippen LogP contribution >= 0.6 is 11.3 Å². The van der Waals surface area contributed by atoms with Gasteiger partial charge in [0.05, 0.1) is 25.9 Å². The summed E-state index contributed by atoms with van der Waals surface area (Å²) in [6, 6.07) is 10.7. The highest BCUT2D eigenvalue weighted by Crippen LogP contribution is 2.36. The van der Waals surface area contributed by atoms with Crippen molar-refractivity contribution in [2.24, 2.45) is 0 Å². The minimum Gasteiger partial charge on any atom is -0.493 e. The number of nitrogens with zero attached hydrogens (tertiary/aromatic N) is 2. The van der Waals surface area contributed by atoms with Gasteiger partial charge in [0.15, 0.2) is 11.5 Å². The smallest absolute Gasteiger partial charge is 0.263 e. The zero-order chi connectivity index (χ0) is 24.4. The molecule has 0 fully saturated rings. The maximum absolute atomic E-state index is 13.5. The Bertz CT molecular complexity index is 1420. The summed E-state index contributed by atoms with van der Waals surface area (Å²) in [7, 11) is 3.15. The summed E-state index contributed by atoms with van der Waals surface area (Å²) < 4.78 is 12.1. The van der Waals surface area contributed by atoms with Crippen LogP contribution in [0.4, 0.5) is 5.69 Å². The molecule has 1 atom stereocenters. The van der Waals surface area contributed by atoms with Crippen molar-refractivity contribution in [2.75, 3.05) is 19.5 Å². The number of anilines is 1. The zero-order valence-corrected chi connectivity index (χ0v) is 20.7. The molecule has 7 nitrogen and oxygen atoms in total. The number of hydrogen-bond donors (Lipinski definition) is 1. The maximum Gasteiger partial charge on any atom is 0.263 e. The quantitative estimate of drug-likeness (QED) is 0.395. The predicted molar refractivity (Wildman–Crippen MR) is 136 cm³/mol. The van der Waals surface area contributed by atoms with E-state index in [2.05, 4.69) is 10.3 Å². The standard InChI is InChI=1S/C26H27N3O4S/c1-6-17-9-7-8-15(2)23(17)28-24(30)16(3)29-14-27-25-22(26(29)31)19(13-34-25)18-10-11-20(32-4)21(12-18)33-5/h7-14,16H,6H2,1-5H3,(H,28,30). The largest absolute Gasteiger partial charge is 0.493 e. The van der Waals surface area contributed by atoms with Gasteiger partial charge in [0.2, 0.25) is 5.91 Å². The molecule has 4 rings (SSSR count). The summed E-state index contributed by atoms with van der Waals surface area (Å²) in [5, 5.41) is 5.39. The van der Waals surface area contributed by atoms with Crippen LogP contribution in [0.25, 0.3) is 21.3 Å². The van der Waals surface area contributed by atoms with Gasteiger partial charge in [-0.15, -0.1) is 11.3 Å². The summed E-state index contributed by atoms with van der Waals surface area (Å²) >= 11 is 1.39. The summed E-state index contributed by atoms with van der Waals surface area (Å²) in [4.78, 5) is 31.8. The predicted octanol–water partition coefficient (Wildman–Crippen LogP) is 5.21. The molecule has 0 bridgehead atoms. The number of para-hydroxylation sites is 1. The van der Waals surface area contributed by atoms with Crippen molar-refractivity contribution in [1.29, 1.82) is 0 Å². The number of nitrogens with one attached hydrogen (secondary N) is 1. The highest BCUT2D eigenvalue weighted by Gasteiger charge is 2.22. The first-order valence-electron chi connectivity index (χ1n) is 11.0. The van der Waals surface area contributed by atoms with Crippen molar-refractivity contribution in [3.8, 4) is 22.6 Å². The van der Waals surface area contributed by atoms with Crippen LogP contribution < -0.4 is 20.3 Å². The highest BCUT2D eigenvalue weighted by molar-refractivity contribution is 7.17. The third kappa shape index (κ3) is 4.17. The fraction of sp³-hybridized carbons (Fsp3) is 0.269. The molecule has 0 spiro atoms. The molecule has 0 saturated heterocycles. The number of aromatic nitrogens is 2. The number of methoxy groups -OCH3 is 2. The van der Waals surface area contributed by atoms with Crippen LogP contribution in [-0.2, 0) is 11.2 Å². The zero-order valence-electron chi connectivity index (χ0n) is 19.8. The van der Waals surface area contributed by atoms with Crippen LogP contribution in [0, 0.1) is 6.92 Å². The van der Waals surface area contributed by atoms with Crippen molar-refractivity contribution in [2.45, 2.75) is 33.2 Å². The first-order valence-corrected chi connectivity index (χ1v) is 11.9. The summed E-state index contributed by atoms with van der Waals surface area (Å²) in [6.07, 6.45) is 2.24. The Labute approximate surface area is 202 Å². The number of carbonyl (C=O) groups excluding carboxylic acids is 1. The molecule has 0 aliphatic rings. The van der Waals surface area contributed by atoms with Crippen molar-refractivity contribution in [3.05, 3.63) is 69.6 Å². The highest BCUT2D eigenvalue weighted by atomic mass is 32.1. The SMILES string of the molecule is CCc1cccc(C)c1NC(=O)C(C)n1cnc2scc(-c3ccc(OC)c(OC)c3)c2c1=O. The lowest BCUT2D eigenvalue weighted by molar-refractivity contribution is -0.118. The lowest BCUT2D eigenvalue weighted by Crippen LogP contribution is -2.32. The van der Waals surface area contributed by atoms with E-state index in [1.54, 1.807) is 27.2 Å². The topological polar surface area (TPSA) is 82.5 Å². The fourth-order valence-corrected chi connectivity index (χ4v) is 4.90. The molecule has 1 N–H and O–H groups in total. The lowest BCUT2D eigenvalue weighted by Gasteiger charge is -2.18. The second-order valence-electron chi connectivity index (χ2n) is 7.98. The van der Waals surface area contributed by atoms with E-state index in [-0.39, 0.29) is 11.5 Å². The third-order valence-electron chi connectivity index (χ3n) is 6.00. The number of amides is 1. The molecule has 4 aromatic rings. The number of hydrogen-bond acceptors (Lipinski definition) is 6. The number of rotatable bonds is 7. The van der Waals surface area contributed by atoms with E-state index in [0.717, 1.165) is 34.4 Å². The Kier molecular flexibility index (Phi) is 6.70. The molecule has 0 aliphatic carbocycles. The molecule has 2 aromatic heterocycles. The first-order chi connectivity index (χ1) is 16.4. The second-order valence-corrected chi connectivity index (χ2v) is 8.84. The number of benzene rings is 2. The Balaban J connectivity index is 1.73. The van der Waals surface area contributed by atoms with Gasteiger partial charge in [-0.3, -0.25) is 14.2 Å². The van der Waals surface area contributed by atoms with E-state index >= 15 is 0 Å². The average molecular weight is 478 g/mol. The average Bonchev–Trinajstić information content (AvgIpc) is 3.29. The van der Waals surface area contributed by atoms with Crippen LogP contribution in [0.15, 0.2) is 52.9 Å². The van der Waals surface area contributed by atoms with Gasteiger partial charge in [-0.05, 0) is 49.1 Å². The van der Waals surface area contributed by atoms with Gasteiger partial charge in [-0.2, -0.15) is 0 Å². The van der Waals surface area contributed by atoms with E-state index in [9.17, 15) is 9.59 Å². The van der Waals surface area contributed by atoms with Crippen molar-refractivity contribution >= 4 is 33.1 Å². The molecule has 1 amide bonds. The minimum atomic E-state index is -0.744. The summed E-state index contributed by atoms with van der Waals surface area (Å²) in [5.41, 5.74) is 4.12. The molecular formula is C26H27N3O4S. The van der Waals surface area contributed by atoms with Crippen LogP contribution in [0.1, 0.15) is 31.0 Å². The van der Waals surface area contributed by atoms with Gasteiger partial charge in [0.25, 0.3) is 5.56 Å². The molecule has 2 aromatic carbocycles. The van der Waals surface area contributed by atoms with Crippen LogP contribution in [-0.4, -0.2) is 29.7 Å². The minimum absolute atomic E-state index is 0.265. The fourth-order valence-electron chi connectivity index (χ4n) is 3.99. The van der Waals surface area contributed by atoms with E-state index < -0.39 is 6.04 Å². The Morgan fingerprint density at radius 3 is 2.65 bits per heavy atom. The monoisotopic (exact) mass is 477 g/mol. The molecular weight excluding hydrogens is 450 g/mol. The van der Waals surface area contributed by atoms with Gasteiger partial charge in [0, 0.05) is 16.6 Å². The van der Waals surface area contributed by atoms with Gasteiger partial charge in [0.1, 0.15) is 10.9 Å². The van der Waals surface area contributed by atoms with Crippen LogP contribution in [0.2, 0.25) is 0 Å². The van der Waals surface area contributed by atoms with E-state index in [4.69, 9.17) is 9.47 Å². The number of fused-ring (bicyclic) bond motifs is 1. The van der Waals surface area contributed by atoms with Gasteiger partial charge in [-0.25, -0.2) is 4.98 Å². The van der Waals surface area contributed by atoms with Crippen LogP contribution in [0.3, 0.4) is 0 Å². The van der Waals surface area contributed by atoms with Gasteiger partial charge in [-0.1, -0.05) is 31.2 Å². The molecule has 34 heavy (non-hydrogen) atoms. The Morgan fingerprint density at radius 1 is 1.18 bits per heavy atom. The van der Waals surface area contributed by atoms with Crippen molar-refractivity contribution in [1.82, 2.24) is 9.55 Å². The molecule has 0 aliphatic heterocycles. The lowest BCUT2D eigenvalue weighted by atomic mass is 10.1. The van der Waals surface area contributed by atoms with E-state index in [0.29, 0.717) is 21.7 Å². The molecule has 0 saturated carbocycles. The number of thiophene rings is 1. The molecule has 1 unspecified atom stereocenters. The second kappa shape index (κ2) is 9.69. The van der Waals surface area contributed by atoms with Crippen molar-refractivity contribution < 1.29 is 14.3 Å². The number of carbonyl (C=O) groups is 1. The molecule has 8 heteroatoms. The molecule has 2 heterocycles. The molecule has 0 radical (unpaired) electrons. The van der Waals surface area contributed by atoms with Crippen LogP contribution in [0.5, 0.6) is 11.5 Å². The summed E-state index contributed by atoms with van der Waals surface area (Å²) in [6.45, 7) is 5.71. The third-order valence-corrected chi connectivity index (χ3v) is 6.89. The van der Waals surface area contributed by atoms with Gasteiger partial charge >= 0.3 is 0 Å². The van der Waals surface area contributed by atoms with Gasteiger partial charge < -0.3 is 14.8 Å². The first kappa shape index (κ1) is 23.5. The number of ether oxygens (including phenoxy) is 2. The normalized spacial score (nSPS) is 11.9. The number of aryl methyl sites for hydroxylation is 2. The van der Waals surface area contributed by atoms with Crippen molar-refractivity contribution in [3.63, 3.8) is 0 Å². The Morgan fingerprint density at radius 2 is 1.94 bits per heavy atom. The van der Waals surface area contributed by atoms with E-state index in [1.165, 1.54) is 22.2 Å². The Hall–Kier alpha value is -3.65. The maximum atomic E-state index is 13.5. The van der Waals surface area contributed by atoms with E-state index in [1.807, 2.05) is 49.6 Å².